The van der Waals surface area contributed by atoms with Gasteiger partial charge in [0.2, 0.25) is 0 Å². The molecule has 0 saturated heterocycles. The van der Waals surface area contributed by atoms with Gasteiger partial charge in [0.15, 0.2) is 0 Å². The number of nitrogens with one attached hydrogen (secondary N) is 1. The molecular weight excluding hydrogens is 218 g/mol. The first kappa shape index (κ1) is 14.0. The molecule has 0 radical (unpaired) electrons. The highest BCUT2D eigenvalue weighted by Gasteiger charge is 2.06. The molecule has 0 saturated carbocycles. The summed E-state index contributed by atoms with van der Waals surface area (Å²) in [7, 11) is 0. The van der Waals surface area contributed by atoms with Gasteiger partial charge >= 0.3 is 0 Å². The lowest BCUT2D eigenvalue weighted by Gasteiger charge is -2.16. The third-order valence-corrected chi connectivity index (χ3v) is 2.49. The van der Waals surface area contributed by atoms with Gasteiger partial charge in [-0.1, -0.05) is 19.1 Å². The fourth-order valence-corrected chi connectivity index (χ4v) is 1.54. The Morgan fingerprint density at radius 1 is 1.24 bits per heavy atom. The lowest BCUT2D eigenvalue weighted by atomic mass is 10.1. The van der Waals surface area contributed by atoms with Gasteiger partial charge in [-0.05, 0) is 30.7 Å². The Labute approximate surface area is 102 Å². The van der Waals surface area contributed by atoms with Crippen LogP contribution in [-0.2, 0) is 6.42 Å². The van der Waals surface area contributed by atoms with Crippen LogP contribution >= 0.6 is 0 Å². The minimum Gasteiger partial charge on any atom is -0.492 e. The van der Waals surface area contributed by atoms with Crippen molar-refractivity contribution < 1.29 is 14.9 Å². The second-order valence-corrected chi connectivity index (χ2v) is 3.87. The summed E-state index contributed by atoms with van der Waals surface area (Å²) in [4.78, 5) is 0. The van der Waals surface area contributed by atoms with Crippen molar-refractivity contribution in [1.29, 1.82) is 0 Å². The lowest BCUT2D eigenvalue weighted by Crippen LogP contribution is -2.37. The van der Waals surface area contributed by atoms with Crippen LogP contribution in [0.4, 0.5) is 0 Å². The third-order valence-electron chi connectivity index (χ3n) is 2.49. The van der Waals surface area contributed by atoms with Crippen LogP contribution in [0.2, 0.25) is 0 Å². The summed E-state index contributed by atoms with van der Waals surface area (Å²) in [6.07, 6.45) is 0.664. The molecule has 0 fully saturated rings. The van der Waals surface area contributed by atoms with E-state index < -0.39 is 0 Å². The fourth-order valence-electron chi connectivity index (χ4n) is 1.54. The molecule has 0 heterocycles. The van der Waals surface area contributed by atoms with Crippen LogP contribution in [0, 0.1) is 0 Å². The van der Waals surface area contributed by atoms with Gasteiger partial charge in [-0.3, -0.25) is 0 Å². The Kier molecular flexibility index (Phi) is 6.62. The normalized spacial score (nSPS) is 12.4. The average Bonchev–Trinajstić information content (AvgIpc) is 2.36. The first-order valence-corrected chi connectivity index (χ1v) is 5.97. The van der Waals surface area contributed by atoms with Crippen molar-refractivity contribution in [3.8, 4) is 5.75 Å². The van der Waals surface area contributed by atoms with Gasteiger partial charge in [0.1, 0.15) is 12.4 Å². The predicted octanol–water partition coefficient (Wildman–Crippen LogP) is 0.571. The van der Waals surface area contributed by atoms with Crippen molar-refractivity contribution in [2.24, 2.45) is 0 Å². The zero-order chi connectivity index (χ0) is 12.5. The number of aliphatic hydroxyl groups excluding tert-OH is 2. The highest BCUT2D eigenvalue weighted by atomic mass is 16.5. The quantitative estimate of drug-likeness (QED) is 0.620. The smallest absolute Gasteiger partial charge is 0.119 e. The number of aliphatic hydroxyl groups is 2. The standard InChI is InChI=1S/C13H21NO3/c1-2-14-12(9-16)10-17-13-5-3-11(4-6-13)7-8-15/h3-6,12,14-16H,2,7-10H2,1H3. The summed E-state index contributed by atoms with van der Waals surface area (Å²) >= 11 is 0. The van der Waals surface area contributed by atoms with Crippen molar-refractivity contribution in [3.05, 3.63) is 29.8 Å². The Morgan fingerprint density at radius 2 is 1.94 bits per heavy atom. The third kappa shape index (κ3) is 5.17. The van der Waals surface area contributed by atoms with Crippen LogP contribution in [-0.4, -0.2) is 42.6 Å². The maximum absolute atomic E-state index is 9.08. The van der Waals surface area contributed by atoms with Gasteiger partial charge in [0.25, 0.3) is 0 Å². The van der Waals surface area contributed by atoms with E-state index in [1.807, 2.05) is 31.2 Å². The van der Waals surface area contributed by atoms with Crippen LogP contribution in [0.25, 0.3) is 0 Å². The number of ether oxygens (including phenoxy) is 1. The van der Waals surface area contributed by atoms with Crippen molar-refractivity contribution in [2.45, 2.75) is 19.4 Å². The Balaban J connectivity index is 2.40. The van der Waals surface area contributed by atoms with E-state index in [0.29, 0.717) is 13.0 Å². The summed E-state index contributed by atoms with van der Waals surface area (Å²) in [6.45, 7) is 3.48. The van der Waals surface area contributed by atoms with E-state index in [1.54, 1.807) is 0 Å². The highest BCUT2D eigenvalue weighted by Crippen LogP contribution is 2.12. The molecule has 0 amide bonds. The minimum absolute atomic E-state index is 0.0304. The minimum atomic E-state index is -0.0304. The molecule has 0 aliphatic carbocycles. The molecule has 1 atom stereocenters. The molecule has 0 aromatic heterocycles. The van der Waals surface area contributed by atoms with Crippen molar-refractivity contribution in [1.82, 2.24) is 5.32 Å². The van der Waals surface area contributed by atoms with Gasteiger partial charge < -0.3 is 20.3 Å². The molecule has 3 N–H and O–H groups in total. The maximum Gasteiger partial charge on any atom is 0.119 e. The Morgan fingerprint density at radius 3 is 2.47 bits per heavy atom. The first-order valence-electron chi connectivity index (χ1n) is 5.97. The van der Waals surface area contributed by atoms with E-state index in [0.717, 1.165) is 17.9 Å². The van der Waals surface area contributed by atoms with Crippen molar-refractivity contribution >= 4 is 0 Å². The second-order valence-electron chi connectivity index (χ2n) is 3.87. The zero-order valence-corrected chi connectivity index (χ0v) is 10.2. The number of rotatable bonds is 8. The molecule has 0 aliphatic heterocycles. The zero-order valence-electron chi connectivity index (χ0n) is 10.2. The molecule has 1 aromatic carbocycles. The number of hydrogen-bond acceptors (Lipinski definition) is 4. The molecule has 4 heteroatoms. The van der Waals surface area contributed by atoms with E-state index >= 15 is 0 Å². The monoisotopic (exact) mass is 239 g/mol. The van der Waals surface area contributed by atoms with Gasteiger partial charge in [-0.2, -0.15) is 0 Å². The SMILES string of the molecule is CCNC(CO)COc1ccc(CCO)cc1. The topological polar surface area (TPSA) is 61.7 Å². The Bertz CT molecular complexity index is 300. The molecule has 1 rings (SSSR count). The molecule has 17 heavy (non-hydrogen) atoms. The van der Waals surface area contributed by atoms with Gasteiger partial charge in [0.05, 0.1) is 12.6 Å². The van der Waals surface area contributed by atoms with Gasteiger partial charge in [0, 0.05) is 6.61 Å². The van der Waals surface area contributed by atoms with Crippen molar-refractivity contribution in [2.75, 3.05) is 26.4 Å². The van der Waals surface area contributed by atoms with Crippen LogP contribution in [0.3, 0.4) is 0 Å². The molecule has 1 aromatic rings. The van der Waals surface area contributed by atoms with Crippen molar-refractivity contribution in [3.63, 3.8) is 0 Å². The van der Waals surface area contributed by atoms with Gasteiger partial charge in [-0.25, -0.2) is 0 Å². The summed E-state index contributed by atoms with van der Waals surface area (Å²) in [5.41, 5.74) is 1.09. The van der Waals surface area contributed by atoms with E-state index in [9.17, 15) is 0 Å². The molecule has 0 bridgehead atoms. The van der Waals surface area contributed by atoms with E-state index in [-0.39, 0.29) is 19.3 Å². The summed E-state index contributed by atoms with van der Waals surface area (Å²) in [6, 6.07) is 7.60. The molecule has 4 nitrogen and oxygen atoms in total. The van der Waals surface area contributed by atoms with E-state index in [4.69, 9.17) is 14.9 Å². The largest absolute Gasteiger partial charge is 0.492 e. The molecule has 96 valence electrons. The molecular formula is C13H21NO3. The number of hydrogen-bond donors (Lipinski definition) is 3. The molecule has 0 spiro atoms. The number of likely N-dealkylation sites (N-methyl/N-ethyl adjacent to an activating group) is 1. The van der Waals surface area contributed by atoms with Crippen LogP contribution in [0.5, 0.6) is 5.75 Å². The Hall–Kier alpha value is -1.10. The van der Waals surface area contributed by atoms with Crippen LogP contribution in [0.15, 0.2) is 24.3 Å². The van der Waals surface area contributed by atoms with E-state index in [2.05, 4.69) is 5.32 Å². The average molecular weight is 239 g/mol. The fraction of sp³-hybridized carbons (Fsp3) is 0.538. The van der Waals surface area contributed by atoms with Crippen LogP contribution < -0.4 is 10.1 Å². The van der Waals surface area contributed by atoms with Gasteiger partial charge in [-0.15, -0.1) is 0 Å². The second kappa shape index (κ2) is 8.06. The summed E-state index contributed by atoms with van der Waals surface area (Å²) in [5, 5.41) is 21.0. The summed E-state index contributed by atoms with van der Waals surface area (Å²) in [5.74, 6) is 0.781. The first-order chi connectivity index (χ1) is 8.30. The summed E-state index contributed by atoms with van der Waals surface area (Å²) < 4.78 is 5.56. The van der Waals surface area contributed by atoms with E-state index in [1.165, 1.54) is 0 Å². The highest BCUT2D eigenvalue weighted by molar-refractivity contribution is 5.27. The molecule has 1 unspecified atom stereocenters. The molecule has 0 aliphatic rings. The maximum atomic E-state index is 9.08. The predicted molar refractivity (Wildman–Crippen MR) is 67.3 cm³/mol. The van der Waals surface area contributed by atoms with Crippen LogP contribution in [0.1, 0.15) is 12.5 Å². The number of benzene rings is 1. The lowest BCUT2D eigenvalue weighted by molar-refractivity contribution is 0.184.